The number of nitrogens with zero attached hydrogens (tertiary/aromatic N) is 1. The first-order valence-corrected chi connectivity index (χ1v) is 13.4. The Balaban J connectivity index is 1.57. The van der Waals surface area contributed by atoms with Crippen LogP contribution in [-0.4, -0.2) is 34.4 Å². The molecule has 1 aliphatic rings. The van der Waals surface area contributed by atoms with Crippen LogP contribution in [0.4, 0.5) is 0 Å². The maximum Gasteiger partial charge on any atom is 0.247 e. The monoisotopic (exact) mass is 520 g/mol. The topological polar surface area (TPSA) is 69.6 Å². The SMILES string of the molecule is C=C/C=C(\C=C)CNC(=O)C(c1ccc(Cc2ccccc2)cc1)N(C(=O)CCc1ccc(O)cc1)C1CC1. The van der Waals surface area contributed by atoms with Crippen molar-refractivity contribution in [2.75, 3.05) is 6.54 Å². The van der Waals surface area contributed by atoms with Crippen molar-refractivity contribution in [2.24, 2.45) is 0 Å². The van der Waals surface area contributed by atoms with Crippen LogP contribution in [0.15, 0.2) is 116 Å². The molecule has 2 N–H and O–H groups in total. The smallest absolute Gasteiger partial charge is 0.247 e. The normalized spacial score (nSPS) is 13.8. The van der Waals surface area contributed by atoms with Crippen molar-refractivity contribution in [3.63, 3.8) is 0 Å². The first-order valence-electron chi connectivity index (χ1n) is 13.4. The second kappa shape index (κ2) is 13.4. The summed E-state index contributed by atoms with van der Waals surface area (Å²) in [5.41, 5.74) is 4.96. The van der Waals surface area contributed by atoms with E-state index in [2.05, 4.69) is 30.6 Å². The van der Waals surface area contributed by atoms with Crippen LogP contribution < -0.4 is 5.32 Å². The average molecular weight is 521 g/mol. The molecule has 5 heteroatoms. The summed E-state index contributed by atoms with van der Waals surface area (Å²) in [6.07, 6.45) is 8.55. The number of hydrogen-bond acceptors (Lipinski definition) is 3. The molecule has 1 unspecified atom stereocenters. The first-order chi connectivity index (χ1) is 19.0. The molecule has 0 spiro atoms. The van der Waals surface area contributed by atoms with Crippen molar-refractivity contribution < 1.29 is 14.7 Å². The molecular weight excluding hydrogens is 484 g/mol. The average Bonchev–Trinajstić information content (AvgIpc) is 3.79. The molecule has 0 aliphatic heterocycles. The van der Waals surface area contributed by atoms with E-state index in [1.54, 1.807) is 29.2 Å². The van der Waals surface area contributed by atoms with Crippen molar-refractivity contribution in [2.45, 2.75) is 44.2 Å². The molecule has 0 saturated heterocycles. The lowest BCUT2D eigenvalue weighted by Crippen LogP contribution is -2.45. The summed E-state index contributed by atoms with van der Waals surface area (Å²) in [4.78, 5) is 29.1. The molecule has 1 fully saturated rings. The van der Waals surface area contributed by atoms with Gasteiger partial charge in [0.05, 0.1) is 0 Å². The number of amides is 2. The minimum Gasteiger partial charge on any atom is -0.508 e. The number of phenols is 1. The lowest BCUT2D eigenvalue weighted by Gasteiger charge is -2.32. The number of carbonyl (C=O) groups excluding carboxylic acids is 2. The third-order valence-electron chi connectivity index (χ3n) is 6.93. The van der Waals surface area contributed by atoms with Crippen molar-refractivity contribution in [1.82, 2.24) is 10.2 Å². The van der Waals surface area contributed by atoms with Crippen LogP contribution in [0.5, 0.6) is 5.75 Å². The summed E-state index contributed by atoms with van der Waals surface area (Å²) in [6.45, 7) is 7.85. The Morgan fingerprint density at radius 1 is 0.923 bits per heavy atom. The molecule has 2 amide bonds. The van der Waals surface area contributed by atoms with Crippen LogP contribution in [-0.2, 0) is 22.4 Å². The highest BCUT2D eigenvalue weighted by Gasteiger charge is 2.41. The van der Waals surface area contributed by atoms with Gasteiger partial charge in [0.2, 0.25) is 11.8 Å². The van der Waals surface area contributed by atoms with E-state index in [-0.39, 0.29) is 30.0 Å². The number of carbonyl (C=O) groups is 2. The molecule has 1 atom stereocenters. The Bertz CT molecular complexity index is 1310. The molecule has 39 heavy (non-hydrogen) atoms. The van der Waals surface area contributed by atoms with E-state index in [9.17, 15) is 14.7 Å². The number of hydrogen-bond donors (Lipinski definition) is 2. The summed E-state index contributed by atoms with van der Waals surface area (Å²) >= 11 is 0. The predicted octanol–water partition coefficient (Wildman–Crippen LogP) is 6.06. The summed E-state index contributed by atoms with van der Waals surface area (Å²) in [7, 11) is 0. The van der Waals surface area contributed by atoms with E-state index in [1.807, 2.05) is 60.7 Å². The predicted molar refractivity (Wildman–Crippen MR) is 156 cm³/mol. The molecule has 1 saturated carbocycles. The largest absolute Gasteiger partial charge is 0.508 e. The van der Waals surface area contributed by atoms with Gasteiger partial charge in [-0.25, -0.2) is 0 Å². The molecule has 0 aromatic heterocycles. The highest BCUT2D eigenvalue weighted by atomic mass is 16.3. The quantitative estimate of drug-likeness (QED) is 0.269. The summed E-state index contributed by atoms with van der Waals surface area (Å²) in [6, 6.07) is 24.5. The van der Waals surface area contributed by atoms with Gasteiger partial charge in [-0.1, -0.05) is 98.1 Å². The van der Waals surface area contributed by atoms with Gasteiger partial charge in [-0.3, -0.25) is 9.59 Å². The number of phenolic OH excluding ortho intramolecular Hbond substituents is 1. The van der Waals surface area contributed by atoms with Gasteiger partial charge in [0.1, 0.15) is 11.8 Å². The van der Waals surface area contributed by atoms with Gasteiger partial charge in [0.25, 0.3) is 0 Å². The molecule has 0 radical (unpaired) electrons. The number of aryl methyl sites for hydroxylation is 1. The lowest BCUT2D eigenvalue weighted by molar-refractivity contribution is -0.141. The van der Waals surface area contributed by atoms with Crippen molar-refractivity contribution >= 4 is 11.8 Å². The molecule has 4 rings (SSSR count). The molecule has 0 bridgehead atoms. The van der Waals surface area contributed by atoms with Gasteiger partial charge in [0, 0.05) is 19.0 Å². The van der Waals surface area contributed by atoms with Gasteiger partial charge in [-0.05, 0) is 65.6 Å². The van der Waals surface area contributed by atoms with Crippen LogP contribution in [0.25, 0.3) is 0 Å². The number of rotatable bonds is 13. The Kier molecular flexibility index (Phi) is 9.52. The van der Waals surface area contributed by atoms with Crippen molar-refractivity contribution in [3.8, 4) is 5.75 Å². The second-order valence-corrected chi connectivity index (χ2v) is 9.90. The summed E-state index contributed by atoms with van der Waals surface area (Å²) in [5.74, 6) is -0.0707. The maximum absolute atomic E-state index is 13.7. The van der Waals surface area contributed by atoms with Gasteiger partial charge in [0.15, 0.2) is 0 Å². The number of nitrogens with one attached hydrogen (secondary N) is 1. The molecule has 0 heterocycles. The molecule has 1 aliphatic carbocycles. The summed E-state index contributed by atoms with van der Waals surface area (Å²) in [5, 5.41) is 12.6. The van der Waals surface area contributed by atoms with E-state index in [0.29, 0.717) is 13.0 Å². The number of benzene rings is 3. The van der Waals surface area contributed by atoms with Crippen molar-refractivity contribution in [3.05, 3.63) is 138 Å². The zero-order valence-electron chi connectivity index (χ0n) is 22.3. The van der Waals surface area contributed by atoms with Crippen molar-refractivity contribution in [1.29, 1.82) is 0 Å². The van der Waals surface area contributed by atoms with Gasteiger partial charge < -0.3 is 15.3 Å². The van der Waals surface area contributed by atoms with Gasteiger partial charge in [-0.15, -0.1) is 0 Å². The fourth-order valence-electron chi connectivity index (χ4n) is 4.68. The van der Waals surface area contributed by atoms with E-state index in [4.69, 9.17) is 0 Å². The minimum atomic E-state index is -0.731. The maximum atomic E-state index is 13.7. The Labute approximate surface area is 231 Å². The lowest BCUT2D eigenvalue weighted by atomic mass is 9.98. The van der Waals surface area contributed by atoms with Gasteiger partial charge in [-0.2, -0.15) is 0 Å². The zero-order chi connectivity index (χ0) is 27.6. The van der Waals surface area contributed by atoms with E-state index in [1.165, 1.54) is 5.56 Å². The highest BCUT2D eigenvalue weighted by Crippen LogP contribution is 2.36. The van der Waals surface area contributed by atoms with Crippen LogP contribution in [0.2, 0.25) is 0 Å². The molecule has 200 valence electrons. The Hall–Kier alpha value is -4.38. The summed E-state index contributed by atoms with van der Waals surface area (Å²) < 4.78 is 0. The third-order valence-corrected chi connectivity index (χ3v) is 6.93. The van der Waals surface area contributed by atoms with E-state index in [0.717, 1.165) is 41.5 Å². The Morgan fingerprint density at radius 2 is 1.56 bits per heavy atom. The zero-order valence-corrected chi connectivity index (χ0v) is 22.3. The fraction of sp³-hybridized carbons (Fsp3) is 0.235. The van der Waals surface area contributed by atoms with Crippen LogP contribution in [0.1, 0.15) is 47.6 Å². The number of allylic oxidation sites excluding steroid dienone is 2. The molecule has 5 nitrogen and oxygen atoms in total. The second-order valence-electron chi connectivity index (χ2n) is 9.90. The Morgan fingerprint density at radius 3 is 2.18 bits per heavy atom. The van der Waals surface area contributed by atoms with Crippen LogP contribution in [0.3, 0.4) is 0 Å². The molecule has 3 aromatic rings. The van der Waals surface area contributed by atoms with E-state index < -0.39 is 6.04 Å². The van der Waals surface area contributed by atoms with Crippen LogP contribution in [0, 0.1) is 0 Å². The van der Waals surface area contributed by atoms with Crippen LogP contribution >= 0.6 is 0 Å². The standard InChI is InChI=1S/C34H36N2O3/c1-3-8-25(4-2)24-35-34(39)33(29-16-11-28(12-17-29)23-27-9-6-5-7-10-27)36(30-18-19-30)32(38)22-15-26-13-20-31(37)21-14-26/h3-14,16-17,20-21,30,33,37H,1-2,15,18-19,22-24H2,(H,35,39)/b25-8+. The fourth-order valence-corrected chi connectivity index (χ4v) is 4.68. The molecular formula is C34H36N2O3. The van der Waals surface area contributed by atoms with Gasteiger partial charge >= 0.3 is 0 Å². The highest BCUT2D eigenvalue weighted by molar-refractivity contribution is 5.89. The number of aromatic hydroxyl groups is 1. The third kappa shape index (κ3) is 7.81. The minimum absolute atomic E-state index is 0.0413. The molecule has 3 aromatic carbocycles. The van der Waals surface area contributed by atoms with E-state index >= 15 is 0 Å². The first kappa shape index (κ1) is 27.6.